The predicted octanol–water partition coefficient (Wildman–Crippen LogP) is 4.20. The lowest BCUT2D eigenvalue weighted by atomic mass is 9.90. The zero-order valence-electron chi connectivity index (χ0n) is 14.9. The Hall–Kier alpha value is -2.47. The van der Waals surface area contributed by atoms with Crippen molar-refractivity contribution in [1.29, 1.82) is 0 Å². The Kier molecular flexibility index (Phi) is 4.59. The van der Waals surface area contributed by atoms with Crippen molar-refractivity contribution in [2.75, 3.05) is 7.05 Å². The van der Waals surface area contributed by atoms with Crippen molar-refractivity contribution in [3.8, 4) is 11.3 Å². The maximum absolute atomic E-state index is 12.8. The maximum Gasteiger partial charge on any atom is 0.264 e. The van der Waals surface area contributed by atoms with Crippen molar-refractivity contribution < 1.29 is 9.32 Å². The van der Waals surface area contributed by atoms with Crippen LogP contribution in [0.4, 0.5) is 0 Å². The maximum atomic E-state index is 12.8. The molecule has 0 saturated carbocycles. The van der Waals surface area contributed by atoms with Gasteiger partial charge in [-0.05, 0) is 48.9 Å². The third-order valence-electron chi connectivity index (χ3n) is 4.80. The van der Waals surface area contributed by atoms with Gasteiger partial charge in [-0.3, -0.25) is 9.78 Å². The first-order valence-electron chi connectivity index (χ1n) is 8.83. The average molecular weight is 367 g/mol. The summed E-state index contributed by atoms with van der Waals surface area (Å²) in [6.45, 7) is 2.67. The first-order chi connectivity index (χ1) is 12.6. The van der Waals surface area contributed by atoms with Crippen LogP contribution in [0.3, 0.4) is 0 Å². The van der Waals surface area contributed by atoms with Crippen LogP contribution in [0, 0.1) is 5.92 Å². The molecule has 26 heavy (non-hydrogen) atoms. The summed E-state index contributed by atoms with van der Waals surface area (Å²) in [6, 6.07) is 7.73. The lowest BCUT2D eigenvalue weighted by molar-refractivity contribution is 0.0777. The van der Waals surface area contributed by atoms with E-state index in [0.717, 1.165) is 29.0 Å². The standard InChI is InChI=1S/C20H21N3O2S/c1-13-5-6-18-15(8-13)9-19(26-18)20(24)23(2)12-16-10-17(22-25-16)14-4-3-7-21-11-14/h3-4,7,9-11,13H,5-6,8,12H2,1-2H3/t13-/m0/s1. The lowest BCUT2D eigenvalue weighted by Gasteiger charge is -2.16. The third-order valence-corrected chi connectivity index (χ3v) is 6.02. The average Bonchev–Trinajstić information content (AvgIpc) is 3.28. The number of amides is 1. The van der Waals surface area contributed by atoms with Crippen LogP contribution in [0.1, 0.15) is 39.2 Å². The first kappa shape index (κ1) is 17.0. The quantitative estimate of drug-likeness (QED) is 0.693. The van der Waals surface area contributed by atoms with Gasteiger partial charge in [0.1, 0.15) is 5.69 Å². The topological polar surface area (TPSA) is 59.2 Å². The molecule has 0 radical (unpaired) electrons. The van der Waals surface area contributed by atoms with Gasteiger partial charge in [0.15, 0.2) is 5.76 Å². The summed E-state index contributed by atoms with van der Waals surface area (Å²) >= 11 is 1.64. The molecule has 0 spiro atoms. The minimum atomic E-state index is 0.0383. The molecule has 3 heterocycles. The number of aryl methyl sites for hydroxylation is 1. The zero-order valence-corrected chi connectivity index (χ0v) is 15.8. The molecule has 4 rings (SSSR count). The number of hydrogen-bond acceptors (Lipinski definition) is 5. The van der Waals surface area contributed by atoms with Crippen LogP contribution in [0.2, 0.25) is 0 Å². The first-order valence-corrected chi connectivity index (χ1v) is 9.65. The highest BCUT2D eigenvalue weighted by Crippen LogP contribution is 2.32. The highest BCUT2D eigenvalue weighted by Gasteiger charge is 2.23. The summed E-state index contributed by atoms with van der Waals surface area (Å²) in [5.74, 6) is 1.41. The minimum Gasteiger partial charge on any atom is -0.359 e. The van der Waals surface area contributed by atoms with E-state index < -0.39 is 0 Å². The largest absolute Gasteiger partial charge is 0.359 e. The number of fused-ring (bicyclic) bond motifs is 1. The van der Waals surface area contributed by atoms with Gasteiger partial charge < -0.3 is 9.42 Å². The van der Waals surface area contributed by atoms with E-state index in [1.807, 2.05) is 18.2 Å². The second kappa shape index (κ2) is 7.03. The second-order valence-corrected chi connectivity index (χ2v) is 8.13. The molecular weight excluding hydrogens is 346 g/mol. The number of thiophene rings is 1. The molecule has 3 aromatic rings. The summed E-state index contributed by atoms with van der Waals surface area (Å²) in [5, 5.41) is 4.08. The van der Waals surface area contributed by atoms with E-state index in [1.54, 1.807) is 35.7 Å². The van der Waals surface area contributed by atoms with Crippen molar-refractivity contribution in [3.63, 3.8) is 0 Å². The third kappa shape index (κ3) is 3.42. The molecule has 0 aromatic carbocycles. The van der Waals surface area contributed by atoms with E-state index in [0.29, 0.717) is 18.2 Å². The number of pyridine rings is 1. The normalized spacial score (nSPS) is 16.3. The second-order valence-electron chi connectivity index (χ2n) is 6.99. The van der Waals surface area contributed by atoms with E-state index in [9.17, 15) is 4.79 Å². The molecule has 0 aliphatic heterocycles. The SMILES string of the molecule is C[C@H]1CCc2sc(C(=O)N(C)Cc3cc(-c4cccnc4)no3)cc2C1. The minimum absolute atomic E-state index is 0.0383. The van der Waals surface area contributed by atoms with Crippen LogP contribution in [0.25, 0.3) is 11.3 Å². The van der Waals surface area contributed by atoms with E-state index in [4.69, 9.17) is 4.52 Å². The van der Waals surface area contributed by atoms with Gasteiger partial charge in [-0.15, -0.1) is 11.3 Å². The van der Waals surface area contributed by atoms with E-state index in [2.05, 4.69) is 23.1 Å². The monoisotopic (exact) mass is 367 g/mol. The number of aromatic nitrogens is 2. The molecule has 134 valence electrons. The molecule has 1 aliphatic rings. The lowest BCUT2D eigenvalue weighted by Crippen LogP contribution is -2.25. The highest BCUT2D eigenvalue weighted by atomic mass is 32.1. The van der Waals surface area contributed by atoms with Gasteiger partial charge in [0.2, 0.25) is 0 Å². The van der Waals surface area contributed by atoms with Gasteiger partial charge in [0.25, 0.3) is 5.91 Å². The molecule has 0 bridgehead atoms. The molecule has 6 heteroatoms. The Morgan fingerprint density at radius 1 is 1.42 bits per heavy atom. The number of carbonyl (C=O) groups excluding carboxylic acids is 1. The molecule has 3 aromatic heterocycles. The number of hydrogen-bond donors (Lipinski definition) is 0. The molecule has 0 unspecified atom stereocenters. The van der Waals surface area contributed by atoms with Crippen LogP contribution in [-0.4, -0.2) is 28.0 Å². The van der Waals surface area contributed by atoms with Crippen molar-refractivity contribution in [2.45, 2.75) is 32.7 Å². The van der Waals surface area contributed by atoms with Crippen LogP contribution in [-0.2, 0) is 19.4 Å². The predicted molar refractivity (Wildman–Crippen MR) is 101 cm³/mol. The highest BCUT2D eigenvalue weighted by molar-refractivity contribution is 7.14. The summed E-state index contributed by atoms with van der Waals surface area (Å²) < 4.78 is 5.40. The Balaban J connectivity index is 1.46. The van der Waals surface area contributed by atoms with Crippen molar-refractivity contribution in [1.82, 2.24) is 15.0 Å². The Labute approximate surface area is 156 Å². The van der Waals surface area contributed by atoms with Gasteiger partial charge in [0, 0.05) is 35.9 Å². The van der Waals surface area contributed by atoms with Crippen molar-refractivity contribution in [2.24, 2.45) is 5.92 Å². The van der Waals surface area contributed by atoms with Gasteiger partial charge in [0.05, 0.1) is 11.4 Å². The molecule has 5 nitrogen and oxygen atoms in total. The molecular formula is C20H21N3O2S. The van der Waals surface area contributed by atoms with E-state index in [-0.39, 0.29) is 5.91 Å². The fraction of sp³-hybridized carbons (Fsp3) is 0.350. The van der Waals surface area contributed by atoms with E-state index in [1.165, 1.54) is 16.9 Å². The Morgan fingerprint density at radius 3 is 3.12 bits per heavy atom. The molecule has 1 aliphatic carbocycles. The van der Waals surface area contributed by atoms with Crippen molar-refractivity contribution in [3.05, 3.63) is 57.7 Å². The van der Waals surface area contributed by atoms with Gasteiger partial charge in [-0.1, -0.05) is 12.1 Å². The van der Waals surface area contributed by atoms with Gasteiger partial charge in [-0.25, -0.2) is 0 Å². The van der Waals surface area contributed by atoms with Crippen molar-refractivity contribution >= 4 is 17.2 Å². The van der Waals surface area contributed by atoms with Crippen LogP contribution >= 0.6 is 11.3 Å². The number of carbonyl (C=O) groups is 1. The zero-order chi connectivity index (χ0) is 18.1. The Morgan fingerprint density at radius 2 is 2.31 bits per heavy atom. The summed E-state index contributed by atoms with van der Waals surface area (Å²) in [4.78, 5) is 20.8. The molecule has 0 saturated heterocycles. The van der Waals surface area contributed by atoms with Crippen LogP contribution in [0.15, 0.2) is 41.2 Å². The molecule has 1 atom stereocenters. The number of nitrogens with zero attached hydrogens (tertiary/aromatic N) is 3. The van der Waals surface area contributed by atoms with Crippen LogP contribution in [0.5, 0.6) is 0 Å². The summed E-state index contributed by atoms with van der Waals surface area (Å²) in [6.07, 6.45) is 6.85. The number of rotatable bonds is 4. The smallest absolute Gasteiger partial charge is 0.264 e. The van der Waals surface area contributed by atoms with Gasteiger partial charge in [-0.2, -0.15) is 0 Å². The van der Waals surface area contributed by atoms with Crippen LogP contribution < -0.4 is 0 Å². The Bertz CT molecular complexity index is 916. The molecule has 0 N–H and O–H groups in total. The van der Waals surface area contributed by atoms with Gasteiger partial charge >= 0.3 is 0 Å². The molecule has 0 fully saturated rings. The van der Waals surface area contributed by atoms with E-state index >= 15 is 0 Å². The summed E-state index contributed by atoms with van der Waals surface area (Å²) in [7, 11) is 1.80. The summed E-state index contributed by atoms with van der Waals surface area (Å²) in [5.41, 5.74) is 2.98. The fourth-order valence-corrected chi connectivity index (χ4v) is 4.55. The fourth-order valence-electron chi connectivity index (χ4n) is 3.34. The molecule has 1 amide bonds.